The van der Waals surface area contributed by atoms with Crippen LogP contribution >= 0.6 is 0 Å². The molecule has 4 aliphatic heterocycles. The minimum atomic E-state index is -0.283. The summed E-state index contributed by atoms with van der Waals surface area (Å²) in [4.78, 5) is 0. The molecule has 4 unspecified atom stereocenters. The molecule has 4 aromatic carbocycles. The van der Waals surface area contributed by atoms with Gasteiger partial charge in [0.2, 0.25) is 0 Å². The molecule has 0 aromatic heterocycles. The van der Waals surface area contributed by atoms with Gasteiger partial charge in [-0.2, -0.15) is 0 Å². The first kappa shape index (κ1) is 32.6. The Morgan fingerprint density at radius 2 is 0.796 bits per heavy atom. The van der Waals surface area contributed by atoms with E-state index in [0.29, 0.717) is 19.6 Å². The van der Waals surface area contributed by atoms with E-state index in [0.717, 1.165) is 146 Å². The molecule has 8 heteroatoms. The molecule has 0 spiro atoms. The molecule has 0 aliphatic carbocycles. The maximum Gasteiger partial charge on any atom is 0.199 e. The summed E-state index contributed by atoms with van der Waals surface area (Å²) in [5.74, 6) is 3.20. The highest BCUT2D eigenvalue weighted by atomic mass is 16.7. The predicted molar refractivity (Wildman–Crippen MR) is 188 cm³/mol. The van der Waals surface area contributed by atoms with Crippen LogP contribution in [0.25, 0.3) is 21.5 Å². The summed E-state index contributed by atoms with van der Waals surface area (Å²) in [5, 5.41) is 4.37. The number of hydrogen-bond donors (Lipinski definition) is 0. The minimum Gasteiger partial charge on any atom is -0.465 e. The Hall–Kier alpha value is -3.56. The number of rotatable bonds is 10. The molecule has 0 amide bonds. The van der Waals surface area contributed by atoms with Gasteiger partial charge in [0.05, 0.1) is 26.4 Å². The lowest BCUT2D eigenvalue weighted by Gasteiger charge is -2.27. The fraction of sp³-hybridized carbons (Fsp3) is 0.512. The van der Waals surface area contributed by atoms with Gasteiger partial charge >= 0.3 is 0 Å². The van der Waals surface area contributed by atoms with E-state index in [1.165, 1.54) is 0 Å². The van der Waals surface area contributed by atoms with Gasteiger partial charge in [-0.15, -0.1) is 0 Å². The zero-order valence-electron chi connectivity index (χ0n) is 28.4. The van der Waals surface area contributed by atoms with Gasteiger partial charge in [-0.1, -0.05) is 24.3 Å². The van der Waals surface area contributed by atoms with E-state index in [9.17, 15) is 0 Å². The molecule has 4 saturated heterocycles. The van der Waals surface area contributed by atoms with Crippen LogP contribution in [0.15, 0.2) is 60.7 Å². The predicted octanol–water partition coefficient (Wildman–Crippen LogP) is 9.21. The summed E-state index contributed by atoms with van der Waals surface area (Å²) in [6.45, 7) is 2.89. The van der Waals surface area contributed by atoms with Crippen molar-refractivity contribution in [1.82, 2.24) is 0 Å². The van der Waals surface area contributed by atoms with Crippen LogP contribution in [-0.4, -0.2) is 51.6 Å². The molecule has 0 saturated carbocycles. The first-order chi connectivity index (χ1) is 24.2. The van der Waals surface area contributed by atoms with Gasteiger partial charge in [-0.05, 0) is 109 Å². The van der Waals surface area contributed by atoms with Crippen molar-refractivity contribution in [1.29, 1.82) is 0 Å². The molecular formula is C41H48O8. The molecule has 0 bridgehead atoms. The average molecular weight is 669 g/mol. The van der Waals surface area contributed by atoms with Crippen molar-refractivity contribution in [2.75, 3.05) is 26.4 Å². The quantitative estimate of drug-likeness (QED) is 0.166. The first-order valence-electron chi connectivity index (χ1n) is 18.5. The summed E-state index contributed by atoms with van der Waals surface area (Å²) in [6, 6.07) is 21.1. The molecule has 0 N–H and O–H groups in total. The number of hydrogen-bond acceptors (Lipinski definition) is 8. The Kier molecular flexibility index (Phi) is 10.4. The van der Waals surface area contributed by atoms with Crippen LogP contribution in [0.3, 0.4) is 0 Å². The van der Waals surface area contributed by atoms with Crippen LogP contribution in [0.1, 0.15) is 88.2 Å². The normalized spacial score (nSPS) is 24.8. The zero-order valence-corrected chi connectivity index (χ0v) is 28.4. The van der Waals surface area contributed by atoms with Gasteiger partial charge in [-0.3, -0.25) is 0 Å². The lowest BCUT2D eigenvalue weighted by molar-refractivity contribution is -0.106. The molecule has 0 radical (unpaired) electrons. The Balaban J connectivity index is 1.22. The van der Waals surface area contributed by atoms with Crippen LogP contribution in [0.4, 0.5) is 0 Å². The smallest absolute Gasteiger partial charge is 0.199 e. The van der Waals surface area contributed by atoms with Crippen molar-refractivity contribution >= 4 is 21.5 Å². The Morgan fingerprint density at radius 1 is 0.429 bits per heavy atom. The highest BCUT2D eigenvalue weighted by Gasteiger charge is 2.24. The molecular weight excluding hydrogens is 620 g/mol. The fourth-order valence-electron chi connectivity index (χ4n) is 7.39. The zero-order chi connectivity index (χ0) is 32.8. The third-order valence-electron chi connectivity index (χ3n) is 10.1. The Labute approximate surface area is 288 Å². The van der Waals surface area contributed by atoms with Gasteiger partial charge in [0, 0.05) is 43.2 Å². The second kappa shape index (κ2) is 15.5. The summed E-state index contributed by atoms with van der Waals surface area (Å²) in [7, 11) is 0. The van der Waals surface area contributed by atoms with Gasteiger partial charge in [0.15, 0.2) is 25.2 Å². The van der Waals surface area contributed by atoms with Crippen molar-refractivity contribution in [3.8, 4) is 23.0 Å². The summed E-state index contributed by atoms with van der Waals surface area (Å²) in [5.41, 5.74) is 2.12. The van der Waals surface area contributed by atoms with Crippen molar-refractivity contribution in [2.45, 2.75) is 109 Å². The molecule has 4 heterocycles. The molecule has 4 aromatic rings. The van der Waals surface area contributed by atoms with E-state index in [1.807, 2.05) is 12.1 Å². The van der Waals surface area contributed by atoms with Gasteiger partial charge < -0.3 is 37.9 Å². The van der Waals surface area contributed by atoms with E-state index in [4.69, 9.17) is 37.9 Å². The lowest BCUT2D eigenvalue weighted by atomic mass is 9.93. The van der Waals surface area contributed by atoms with Crippen LogP contribution in [0, 0.1) is 0 Å². The van der Waals surface area contributed by atoms with E-state index in [2.05, 4.69) is 48.5 Å². The third-order valence-corrected chi connectivity index (χ3v) is 10.1. The van der Waals surface area contributed by atoms with Crippen LogP contribution < -0.4 is 18.9 Å². The lowest BCUT2D eigenvalue weighted by Crippen LogP contribution is -2.26. The average Bonchev–Trinajstić information content (AvgIpc) is 3.15. The SMILES string of the molecule is c1cc2ccc(OC3CCCCO3)c(Cc3c(OC4CCCCO4)ccc4ccc(OC5CCCCO5)cc34)c2cc1OC1CCCCO1. The maximum absolute atomic E-state index is 6.69. The molecule has 4 fully saturated rings. The van der Waals surface area contributed by atoms with Crippen LogP contribution in [-0.2, 0) is 25.4 Å². The van der Waals surface area contributed by atoms with Gasteiger partial charge in [0.1, 0.15) is 23.0 Å². The first-order valence-corrected chi connectivity index (χ1v) is 18.5. The standard InChI is InChI=1S/C41H48O8/c1-5-21-42-38(9-1)46-30-17-13-28-15-19-36(48-40-11-3-7-23-44-40)34(32(28)25-30)27-35-33-26-31(47-39-10-2-6-22-43-39)18-14-29(33)16-20-37(35)49-41-12-4-8-24-45-41/h13-20,25-26,38-41H,1-12,21-24,27H2. The van der Waals surface area contributed by atoms with Gasteiger partial charge in [0.25, 0.3) is 0 Å². The summed E-state index contributed by atoms with van der Waals surface area (Å²) >= 11 is 0. The molecule has 260 valence electrons. The van der Waals surface area contributed by atoms with Gasteiger partial charge in [-0.25, -0.2) is 0 Å². The second-order valence-electron chi connectivity index (χ2n) is 13.7. The fourth-order valence-corrected chi connectivity index (χ4v) is 7.39. The monoisotopic (exact) mass is 668 g/mol. The highest BCUT2D eigenvalue weighted by molar-refractivity contribution is 5.93. The summed E-state index contributed by atoms with van der Waals surface area (Å²) < 4.78 is 50.2. The third kappa shape index (κ3) is 7.93. The minimum absolute atomic E-state index is 0.232. The van der Waals surface area contributed by atoms with Crippen molar-refractivity contribution < 1.29 is 37.9 Å². The number of fused-ring (bicyclic) bond motifs is 2. The molecule has 8 rings (SSSR count). The van der Waals surface area contributed by atoms with Crippen LogP contribution in [0.2, 0.25) is 0 Å². The largest absolute Gasteiger partial charge is 0.465 e. The number of benzene rings is 4. The maximum atomic E-state index is 6.69. The molecule has 49 heavy (non-hydrogen) atoms. The molecule has 4 aliphatic rings. The van der Waals surface area contributed by atoms with E-state index >= 15 is 0 Å². The molecule has 8 nitrogen and oxygen atoms in total. The highest BCUT2D eigenvalue weighted by Crippen LogP contribution is 2.40. The van der Waals surface area contributed by atoms with E-state index in [1.54, 1.807) is 0 Å². The topological polar surface area (TPSA) is 73.8 Å². The summed E-state index contributed by atoms with van der Waals surface area (Å²) in [6.07, 6.45) is 11.7. The van der Waals surface area contributed by atoms with Crippen LogP contribution in [0.5, 0.6) is 23.0 Å². The van der Waals surface area contributed by atoms with Crippen molar-refractivity contribution in [3.05, 3.63) is 71.8 Å². The Morgan fingerprint density at radius 3 is 1.16 bits per heavy atom. The van der Waals surface area contributed by atoms with Crippen molar-refractivity contribution in [3.63, 3.8) is 0 Å². The number of ether oxygens (including phenoxy) is 8. The van der Waals surface area contributed by atoms with E-state index < -0.39 is 0 Å². The second-order valence-corrected chi connectivity index (χ2v) is 13.7. The van der Waals surface area contributed by atoms with E-state index in [-0.39, 0.29) is 25.2 Å². The molecule has 4 atom stereocenters. The van der Waals surface area contributed by atoms with Crippen molar-refractivity contribution in [2.24, 2.45) is 0 Å². The Bertz CT molecular complexity index is 1560.